The Bertz CT molecular complexity index is 790. The SMILES string of the molecule is CCCOc1ccc(N2CCN(C[C@@](C)(O)c3ccc(CO)nc3)CC2)c(Cl)c1. The summed E-state index contributed by atoms with van der Waals surface area (Å²) in [5, 5.41) is 20.8. The van der Waals surface area contributed by atoms with E-state index in [1.807, 2.05) is 24.3 Å². The van der Waals surface area contributed by atoms with Crippen molar-refractivity contribution in [1.29, 1.82) is 0 Å². The fraction of sp³-hybridized carbons (Fsp3) is 0.500. The molecule has 1 fully saturated rings. The molecule has 2 aromatic rings. The molecule has 2 N–H and O–H groups in total. The van der Waals surface area contributed by atoms with Gasteiger partial charge in [-0.2, -0.15) is 0 Å². The molecule has 0 aliphatic carbocycles. The van der Waals surface area contributed by atoms with Crippen molar-refractivity contribution >= 4 is 17.3 Å². The van der Waals surface area contributed by atoms with E-state index in [1.54, 1.807) is 19.2 Å². The Labute approximate surface area is 177 Å². The summed E-state index contributed by atoms with van der Waals surface area (Å²) in [6.07, 6.45) is 2.61. The minimum absolute atomic E-state index is 0.0986. The van der Waals surface area contributed by atoms with Crippen LogP contribution in [0.2, 0.25) is 5.02 Å². The zero-order chi connectivity index (χ0) is 20.9. The quantitative estimate of drug-likeness (QED) is 0.685. The van der Waals surface area contributed by atoms with Crippen LogP contribution in [0.1, 0.15) is 31.5 Å². The molecule has 1 aliphatic rings. The largest absolute Gasteiger partial charge is 0.494 e. The summed E-state index contributed by atoms with van der Waals surface area (Å²) in [5.41, 5.74) is 1.37. The standard InChI is InChI=1S/C22H30ClN3O3/c1-3-12-29-19-6-7-21(20(23)13-19)26-10-8-25(9-11-26)16-22(2,28)17-4-5-18(15-27)24-14-17/h4-7,13-14,27-28H,3,8-12,15-16H2,1-2H3/t22-/m1/s1. The normalized spacial score (nSPS) is 17.2. The third-order valence-electron chi connectivity index (χ3n) is 5.25. The molecule has 0 spiro atoms. The lowest BCUT2D eigenvalue weighted by atomic mass is 9.96. The molecule has 158 valence electrons. The summed E-state index contributed by atoms with van der Waals surface area (Å²) in [6.45, 7) is 8.35. The second-order valence-electron chi connectivity index (χ2n) is 7.70. The van der Waals surface area contributed by atoms with Crippen LogP contribution >= 0.6 is 11.6 Å². The molecule has 6 nitrogen and oxygen atoms in total. The van der Waals surface area contributed by atoms with Gasteiger partial charge in [0.15, 0.2) is 0 Å². The van der Waals surface area contributed by atoms with Gasteiger partial charge in [0.2, 0.25) is 0 Å². The summed E-state index contributed by atoms with van der Waals surface area (Å²) < 4.78 is 5.65. The molecule has 0 radical (unpaired) electrons. The van der Waals surface area contributed by atoms with E-state index >= 15 is 0 Å². The van der Waals surface area contributed by atoms with Gasteiger partial charge in [-0.25, -0.2) is 0 Å². The third-order valence-corrected chi connectivity index (χ3v) is 5.55. The molecule has 0 amide bonds. The van der Waals surface area contributed by atoms with E-state index in [2.05, 4.69) is 21.7 Å². The van der Waals surface area contributed by atoms with Crippen molar-refractivity contribution in [2.45, 2.75) is 32.5 Å². The molecular weight excluding hydrogens is 390 g/mol. The van der Waals surface area contributed by atoms with Gasteiger partial charge in [-0.3, -0.25) is 9.88 Å². The Hall–Kier alpha value is -1.86. The Morgan fingerprint density at radius 3 is 2.52 bits per heavy atom. The van der Waals surface area contributed by atoms with Crippen LogP contribution in [-0.2, 0) is 12.2 Å². The number of benzene rings is 1. The Balaban J connectivity index is 1.57. The van der Waals surface area contributed by atoms with Crippen LogP contribution in [0.5, 0.6) is 5.75 Å². The van der Waals surface area contributed by atoms with Crippen LogP contribution in [0.15, 0.2) is 36.5 Å². The van der Waals surface area contributed by atoms with Crippen LogP contribution in [0.3, 0.4) is 0 Å². The number of anilines is 1. The Morgan fingerprint density at radius 1 is 1.17 bits per heavy atom. The molecule has 3 rings (SSSR count). The van der Waals surface area contributed by atoms with Gasteiger partial charge in [0.25, 0.3) is 0 Å². The van der Waals surface area contributed by atoms with Gasteiger partial charge in [0, 0.05) is 50.6 Å². The average molecular weight is 420 g/mol. The van der Waals surface area contributed by atoms with E-state index in [-0.39, 0.29) is 6.61 Å². The number of aromatic nitrogens is 1. The van der Waals surface area contributed by atoms with Crippen molar-refractivity contribution in [3.8, 4) is 5.75 Å². The maximum atomic E-state index is 10.9. The fourth-order valence-corrected chi connectivity index (χ4v) is 3.85. The molecule has 1 atom stereocenters. The Morgan fingerprint density at radius 2 is 1.93 bits per heavy atom. The zero-order valence-corrected chi connectivity index (χ0v) is 17.9. The molecule has 1 aromatic carbocycles. The first kappa shape index (κ1) is 21.8. The highest BCUT2D eigenvalue weighted by atomic mass is 35.5. The molecule has 1 saturated heterocycles. The molecule has 29 heavy (non-hydrogen) atoms. The lowest BCUT2D eigenvalue weighted by Gasteiger charge is -2.39. The number of nitrogens with zero attached hydrogens (tertiary/aromatic N) is 3. The summed E-state index contributed by atoms with van der Waals surface area (Å²) in [6, 6.07) is 9.45. The van der Waals surface area contributed by atoms with Crippen LogP contribution in [-0.4, -0.2) is 59.4 Å². The highest BCUT2D eigenvalue weighted by Gasteiger charge is 2.29. The number of aliphatic hydroxyl groups is 2. The van der Waals surface area contributed by atoms with Gasteiger partial charge < -0.3 is 19.8 Å². The first-order valence-electron chi connectivity index (χ1n) is 10.1. The maximum absolute atomic E-state index is 10.9. The number of aliphatic hydroxyl groups excluding tert-OH is 1. The van der Waals surface area contributed by atoms with Crippen molar-refractivity contribution in [1.82, 2.24) is 9.88 Å². The molecule has 0 unspecified atom stereocenters. The summed E-state index contributed by atoms with van der Waals surface area (Å²) >= 11 is 6.49. The van der Waals surface area contributed by atoms with E-state index in [4.69, 9.17) is 21.4 Å². The number of piperazine rings is 1. The molecule has 7 heteroatoms. The summed E-state index contributed by atoms with van der Waals surface area (Å²) in [5.74, 6) is 0.802. The Kier molecular flexibility index (Phi) is 7.35. The van der Waals surface area contributed by atoms with Crippen LogP contribution in [0.4, 0.5) is 5.69 Å². The van der Waals surface area contributed by atoms with Crippen LogP contribution in [0, 0.1) is 0 Å². The number of hydrogen-bond acceptors (Lipinski definition) is 6. The first-order valence-corrected chi connectivity index (χ1v) is 10.5. The first-order chi connectivity index (χ1) is 13.9. The highest BCUT2D eigenvalue weighted by molar-refractivity contribution is 6.33. The summed E-state index contributed by atoms with van der Waals surface area (Å²) in [4.78, 5) is 8.71. The van der Waals surface area contributed by atoms with Gasteiger partial charge in [-0.05, 0) is 31.5 Å². The maximum Gasteiger partial charge on any atom is 0.120 e. The second kappa shape index (κ2) is 9.76. The number of pyridine rings is 1. The molecule has 1 aromatic heterocycles. The smallest absolute Gasteiger partial charge is 0.120 e. The number of halogens is 1. The fourth-order valence-electron chi connectivity index (χ4n) is 3.56. The molecular formula is C22H30ClN3O3. The lowest BCUT2D eigenvalue weighted by molar-refractivity contribution is 0.0140. The van der Waals surface area contributed by atoms with Gasteiger partial charge in [-0.15, -0.1) is 0 Å². The summed E-state index contributed by atoms with van der Waals surface area (Å²) in [7, 11) is 0. The van der Waals surface area contributed by atoms with Gasteiger partial charge in [-0.1, -0.05) is 24.6 Å². The zero-order valence-electron chi connectivity index (χ0n) is 17.1. The number of β-amino-alcohol motifs (C(OH)–C–C–N with tert-alkyl or cyclic N) is 1. The van der Waals surface area contributed by atoms with Gasteiger partial charge >= 0.3 is 0 Å². The lowest BCUT2D eigenvalue weighted by Crippen LogP contribution is -2.50. The van der Waals surface area contributed by atoms with E-state index in [1.165, 1.54) is 0 Å². The third kappa shape index (κ3) is 5.60. The highest BCUT2D eigenvalue weighted by Crippen LogP contribution is 2.31. The number of ether oxygens (including phenoxy) is 1. The molecule has 2 heterocycles. The number of hydrogen-bond donors (Lipinski definition) is 2. The van der Waals surface area contributed by atoms with Crippen molar-refractivity contribution in [2.24, 2.45) is 0 Å². The van der Waals surface area contributed by atoms with Crippen LogP contribution < -0.4 is 9.64 Å². The molecule has 1 aliphatic heterocycles. The predicted molar refractivity (Wildman–Crippen MR) is 116 cm³/mol. The van der Waals surface area contributed by atoms with E-state index in [0.717, 1.165) is 49.6 Å². The second-order valence-corrected chi connectivity index (χ2v) is 8.10. The van der Waals surface area contributed by atoms with Crippen LogP contribution in [0.25, 0.3) is 0 Å². The van der Waals surface area contributed by atoms with Crippen molar-refractivity contribution in [3.05, 3.63) is 52.8 Å². The minimum atomic E-state index is -1.00. The van der Waals surface area contributed by atoms with Crippen molar-refractivity contribution in [2.75, 3.05) is 44.2 Å². The average Bonchev–Trinajstić information content (AvgIpc) is 2.73. The van der Waals surface area contributed by atoms with E-state index < -0.39 is 5.60 Å². The van der Waals surface area contributed by atoms with E-state index in [0.29, 0.717) is 23.9 Å². The molecule has 0 bridgehead atoms. The molecule has 0 saturated carbocycles. The topological polar surface area (TPSA) is 69.1 Å². The van der Waals surface area contributed by atoms with Gasteiger partial charge in [0.05, 0.1) is 29.6 Å². The number of rotatable bonds is 8. The minimum Gasteiger partial charge on any atom is -0.494 e. The predicted octanol–water partition coefficient (Wildman–Crippen LogP) is 3.05. The van der Waals surface area contributed by atoms with E-state index in [9.17, 15) is 5.11 Å². The van der Waals surface area contributed by atoms with Gasteiger partial charge in [0.1, 0.15) is 11.4 Å². The van der Waals surface area contributed by atoms with Crippen molar-refractivity contribution in [3.63, 3.8) is 0 Å². The monoisotopic (exact) mass is 419 g/mol. The van der Waals surface area contributed by atoms with Crippen molar-refractivity contribution < 1.29 is 14.9 Å².